The summed E-state index contributed by atoms with van der Waals surface area (Å²) in [5, 5.41) is 15.8. The van der Waals surface area contributed by atoms with E-state index in [9.17, 15) is 9.50 Å². The molecule has 2 aromatic carbocycles. The molecule has 0 heterocycles. The molecule has 0 spiro atoms. The third-order valence-electron chi connectivity index (χ3n) is 4.13. The van der Waals surface area contributed by atoms with Gasteiger partial charge in [-0.05, 0) is 50.1 Å². The quantitative estimate of drug-likeness (QED) is 0.322. The summed E-state index contributed by atoms with van der Waals surface area (Å²) >= 11 is 0. The first-order valence-electron chi connectivity index (χ1n) is 9.83. The molecule has 0 saturated carbocycles. The first-order chi connectivity index (χ1) is 14.0. The van der Waals surface area contributed by atoms with Crippen LogP contribution in [0, 0.1) is 12.7 Å². The Hall–Kier alpha value is -2.80. The van der Waals surface area contributed by atoms with Gasteiger partial charge in [-0.15, -0.1) is 0 Å². The molecule has 29 heavy (non-hydrogen) atoms. The highest BCUT2D eigenvalue weighted by atomic mass is 19.1. The molecule has 0 unspecified atom stereocenters. The Morgan fingerprint density at radius 3 is 2.66 bits per heavy atom. The topological polar surface area (TPSA) is 75.1 Å². The molecular weight excluding hydrogens is 373 g/mol. The van der Waals surface area contributed by atoms with Crippen LogP contribution in [0.3, 0.4) is 0 Å². The van der Waals surface area contributed by atoms with E-state index in [1.807, 2.05) is 39.0 Å². The number of hydrogen-bond donors (Lipinski definition) is 3. The SMILES string of the molecule is CCNC(=NCc1ccc(O)c(F)c1)NCc1ccc(C)cc1OCCOCC. The molecule has 0 fully saturated rings. The Morgan fingerprint density at radius 2 is 1.93 bits per heavy atom. The molecule has 2 aromatic rings. The van der Waals surface area contributed by atoms with Crippen LogP contribution >= 0.6 is 0 Å². The Bertz CT molecular complexity index is 812. The number of ether oxygens (including phenoxy) is 2. The maximum absolute atomic E-state index is 13.5. The summed E-state index contributed by atoms with van der Waals surface area (Å²) in [5.41, 5.74) is 2.80. The summed E-state index contributed by atoms with van der Waals surface area (Å²) in [7, 11) is 0. The Kier molecular flexibility index (Phi) is 9.24. The summed E-state index contributed by atoms with van der Waals surface area (Å²) in [4.78, 5) is 4.49. The number of aromatic hydroxyl groups is 1. The van der Waals surface area contributed by atoms with E-state index in [1.54, 1.807) is 6.07 Å². The average Bonchev–Trinajstić information content (AvgIpc) is 2.71. The van der Waals surface area contributed by atoms with Crippen LogP contribution in [-0.4, -0.2) is 37.4 Å². The van der Waals surface area contributed by atoms with E-state index in [0.29, 0.717) is 44.4 Å². The molecule has 2 rings (SSSR count). The summed E-state index contributed by atoms with van der Waals surface area (Å²) in [6, 6.07) is 10.3. The minimum absolute atomic E-state index is 0.290. The van der Waals surface area contributed by atoms with E-state index >= 15 is 0 Å². The van der Waals surface area contributed by atoms with Crippen LogP contribution in [0.4, 0.5) is 4.39 Å². The zero-order valence-corrected chi connectivity index (χ0v) is 17.3. The highest BCUT2D eigenvalue weighted by molar-refractivity contribution is 5.79. The van der Waals surface area contributed by atoms with E-state index in [-0.39, 0.29) is 12.3 Å². The first-order valence-corrected chi connectivity index (χ1v) is 9.83. The second-order valence-electron chi connectivity index (χ2n) is 6.49. The van der Waals surface area contributed by atoms with Crippen molar-refractivity contribution in [1.29, 1.82) is 0 Å². The number of phenolic OH excluding ortho intramolecular Hbond substituents is 1. The zero-order valence-electron chi connectivity index (χ0n) is 17.3. The van der Waals surface area contributed by atoms with Gasteiger partial charge in [0.05, 0.1) is 13.2 Å². The van der Waals surface area contributed by atoms with Gasteiger partial charge in [0.2, 0.25) is 0 Å². The number of rotatable bonds is 10. The summed E-state index contributed by atoms with van der Waals surface area (Å²) in [6.45, 7) is 9.17. The third kappa shape index (κ3) is 7.62. The predicted molar refractivity (Wildman–Crippen MR) is 113 cm³/mol. The fourth-order valence-corrected chi connectivity index (χ4v) is 2.64. The van der Waals surface area contributed by atoms with E-state index in [2.05, 4.69) is 15.6 Å². The van der Waals surface area contributed by atoms with E-state index in [4.69, 9.17) is 9.47 Å². The van der Waals surface area contributed by atoms with Crippen LogP contribution in [0.5, 0.6) is 11.5 Å². The third-order valence-corrected chi connectivity index (χ3v) is 4.13. The van der Waals surface area contributed by atoms with Crippen molar-refractivity contribution in [2.75, 3.05) is 26.4 Å². The van der Waals surface area contributed by atoms with Crippen molar-refractivity contribution in [1.82, 2.24) is 10.6 Å². The van der Waals surface area contributed by atoms with Crippen molar-refractivity contribution < 1.29 is 19.0 Å². The molecule has 0 bridgehead atoms. The molecule has 0 radical (unpaired) electrons. The van der Waals surface area contributed by atoms with Crippen LogP contribution in [-0.2, 0) is 17.8 Å². The molecule has 0 saturated heterocycles. The lowest BCUT2D eigenvalue weighted by atomic mass is 10.1. The molecule has 0 amide bonds. The zero-order chi connectivity index (χ0) is 21.1. The van der Waals surface area contributed by atoms with Crippen LogP contribution in [0.1, 0.15) is 30.5 Å². The second kappa shape index (κ2) is 11.9. The predicted octanol–water partition coefficient (Wildman–Crippen LogP) is 3.51. The van der Waals surface area contributed by atoms with Crippen molar-refractivity contribution in [3.8, 4) is 11.5 Å². The fourth-order valence-electron chi connectivity index (χ4n) is 2.64. The molecule has 0 aromatic heterocycles. The Morgan fingerprint density at radius 1 is 1.10 bits per heavy atom. The Balaban J connectivity index is 2.02. The molecule has 0 aliphatic carbocycles. The highest BCUT2D eigenvalue weighted by Crippen LogP contribution is 2.20. The standard InChI is InChI=1S/C22H30FN3O3/c1-4-24-22(25-14-17-7-9-20(27)19(23)13-17)26-15-18-8-6-16(3)12-21(18)29-11-10-28-5-2/h6-9,12-13,27H,4-5,10-11,14-15H2,1-3H3,(H2,24,25,26). The van der Waals surface area contributed by atoms with E-state index in [1.165, 1.54) is 12.1 Å². The maximum Gasteiger partial charge on any atom is 0.191 e. The monoisotopic (exact) mass is 403 g/mol. The molecule has 158 valence electrons. The molecule has 7 heteroatoms. The number of benzene rings is 2. The molecule has 6 nitrogen and oxygen atoms in total. The number of aliphatic imine (C=N–C) groups is 1. The Labute approximate surface area is 171 Å². The number of aryl methyl sites for hydroxylation is 1. The average molecular weight is 403 g/mol. The van der Waals surface area contributed by atoms with Gasteiger partial charge in [0, 0.05) is 25.3 Å². The highest BCUT2D eigenvalue weighted by Gasteiger charge is 2.07. The van der Waals surface area contributed by atoms with Crippen molar-refractivity contribution in [2.24, 2.45) is 4.99 Å². The summed E-state index contributed by atoms with van der Waals surface area (Å²) in [6.07, 6.45) is 0. The van der Waals surface area contributed by atoms with Crippen molar-refractivity contribution in [3.63, 3.8) is 0 Å². The lowest BCUT2D eigenvalue weighted by Gasteiger charge is -2.15. The first kappa shape index (κ1) is 22.5. The van der Waals surface area contributed by atoms with Gasteiger partial charge in [0.25, 0.3) is 0 Å². The van der Waals surface area contributed by atoms with Crippen molar-refractivity contribution in [2.45, 2.75) is 33.9 Å². The molecule has 0 aliphatic heterocycles. The number of nitrogens with zero attached hydrogens (tertiary/aromatic N) is 1. The minimum Gasteiger partial charge on any atom is -0.505 e. The molecule has 0 aliphatic rings. The lowest BCUT2D eigenvalue weighted by molar-refractivity contribution is 0.110. The number of halogens is 1. The van der Waals surface area contributed by atoms with Gasteiger partial charge in [-0.25, -0.2) is 9.38 Å². The van der Waals surface area contributed by atoms with Gasteiger partial charge >= 0.3 is 0 Å². The number of phenols is 1. The maximum atomic E-state index is 13.5. The number of hydrogen-bond acceptors (Lipinski definition) is 4. The van der Waals surface area contributed by atoms with Gasteiger partial charge in [0.15, 0.2) is 17.5 Å². The van der Waals surface area contributed by atoms with Crippen LogP contribution in [0.15, 0.2) is 41.4 Å². The molecule has 0 atom stereocenters. The summed E-state index contributed by atoms with van der Waals surface area (Å²) in [5.74, 6) is 0.415. The molecule has 3 N–H and O–H groups in total. The van der Waals surface area contributed by atoms with E-state index < -0.39 is 5.82 Å². The molecular formula is C22H30FN3O3. The van der Waals surface area contributed by atoms with Crippen LogP contribution < -0.4 is 15.4 Å². The number of nitrogens with one attached hydrogen (secondary N) is 2. The van der Waals surface area contributed by atoms with Crippen LogP contribution in [0.25, 0.3) is 0 Å². The number of guanidine groups is 1. The minimum atomic E-state index is -0.649. The van der Waals surface area contributed by atoms with Crippen LogP contribution in [0.2, 0.25) is 0 Å². The summed E-state index contributed by atoms with van der Waals surface area (Å²) < 4.78 is 24.7. The largest absolute Gasteiger partial charge is 0.505 e. The fraction of sp³-hybridized carbons (Fsp3) is 0.409. The van der Waals surface area contributed by atoms with Crippen molar-refractivity contribution >= 4 is 5.96 Å². The lowest BCUT2D eigenvalue weighted by Crippen LogP contribution is -2.36. The smallest absolute Gasteiger partial charge is 0.191 e. The second-order valence-corrected chi connectivity index (χ2v) is 6.49. The van der Waals surface area contributed by atoms with Crippen molar-refractivity contribution in [3.05, 3.63) is 58.9 Å². The van der Waals surface area contributed by atoms with Gasteiger partial charge in [0.1, 0.15) is 12.4 Å². The van der Waals surface area contributed by atoms with Gasteiger partial charge in [-0.1, -0.05) is 18.2 Å². The van der Waals surface area contributed by atoms with Gasteiger partial charge in [-0.2, -0.15) is 0 Å². The normalized spacial score (nSPS) is 11.4. The van der Waals surface area contributed by atoms with Gasteiger partial charge < -0.3 is 25.2 Å². The van der Waals surface area contributed by atoms with Gasteiger partial charge in [-0.3, -0.25) is 0 Å². The van der Waals surface area contributed by atoms with E-state index in [0.717, 1.165) is 16.9 Å².